The molecule has 0 saturated heterocycles. The van der Waals surface area contributed by atoms with Crippen molar-refractivity contribution >= 4 is 51.5 Å². The highest BCUT2D eigenvalue weighted by Crippen LogP contribution is 2.12. The van der Waals surface area contributed by atoms with Gasteiger partial charge in [-0.3, -0.25) is 9.69 Å². The number of carbonyl (C=O) groups excluding carboxylic acids is 2. The van der Waals surface area contributed by atoms with Crippen LogP contribution in [-0.4, -0.2) is 60.6 Å². The molecule has 0 heterocycles. The number of rotatable bonds is 11. The summed E-state index contributed by atoms with van der Waals surface area (Å²) in [6, 6.07) is -0.584. The molecule has 3 atom stereocenters. The minimum absolute atomic E-state index is 0.141. The number of hydrogen-bond acceptors (Lipinski definition) is 6. The van der Waals surface area contributed by atoms with Crippen LogP contribution in [0.2, 0.25) is 0 Å². The maximum Gasteiger partial charge on any atom is 0.329 e. The Morgan fingerprint density at radius 3 is 2.50 bits per heavy atom. The summed E-state index contributed by atoms with van der Waals surface area (Å²) in [4.78, 5) is 25.7. The van der Waals surface area contributed by atoms with Gasteiger partial charge in [0, 0.05) is 18.1 Å². The molecule has 0 aromatic carbocycles. The van der Waals surface area contributed by atoms with E-state index < -0.39 is 6.04 Å². The van der Waals surface area contributed by atoms with Crippen molar-refractivity contribution in [2.24, 2.45) is 0 Å². The van der Waals surface area contributed by atoms with Gasteiger partial charge in [-0.05, 0) is 13.5 Å². The van der Waals surface area contributed by atoms with E-state index in [1.54, 1.807) is 18.3 Å². The zero-order valence-corrected chi connectivity index (χ0v) is 15.9. The fourth-order valence-electron chi connectivity index (χ4n) is 1.48. The van der Waals surface area contributed by atoms with Gasteiger partial charge in [-0.1, -0.05) is 23.8 Å². The van der Waals surface area contributed by atoms with Crippen molar-refractivity contribution in [2.75, 3.05) is 37.7 Å². The molecule has 0 radical (unpaired) electrons. The van der Waals surface area contributed by atoms with Crippen molar-refractivity contribution in [2.45, 2.75) is 19.9 Å². The molecule has 1 amide bonds. The van der Waals surface area contributed by atoms with E-state index in [2.05, 4.69) is 22.2 Å². The number of nitrogens with zero attached hydrogens (tertiary/aromatic N) is 1. The fourth-order valence-corrected chi connectivity index (χ4v) is 3.15. The predicted octanol–water partition coefficient (Wildman–Crippen LogP) is 1.40. The van der Waals surface area contributed by atoms with Crippen LogP contribution < -0.4 is 5.32 Å². The number of likely N-dealkylation sites (N-methyl/N-ethyl adjacent to an activating group) is 1. The molecule has 0 saturated carbocycles. The minimum Gasteiger partial charge on any atom is -0.464 e. The lowest BCUT2D eigenvalue weighted by Crippen LogP contribution is -2.47. The Bertz CT molecular complexity index is 299. The zero-order chi connectivity index (χ0) is 15.4. The van der Waals surface area contributed by atoms with Crippen molar-refractivity contribution in [1.29, 1.82) is 0 Å². The fraction of sp³-hybridized carbons (Fsp3) is 0.818. The van der Waals surface area contributed by atoms with E-state index in [1.807, 2.05) is 11.8 Å². The lowest BCUT2D eigenvalue weighted by Gasteiger charge is -2.21. The number of carbonyl (C=O) groups is 2. The van der Waals surface area contributed by atoms with Gasteiger partial charge in [-0.2, -0.15) is 0 Å². The van der Waals surface area contributed by atoms with Crippen LogP contribution in [0, 0.1) is 0 Å². The minimum atomic E-state index is -0.584. The molecule has 0 bridgehead atoms. The number of hydrogen-bond donors (Lipinski definition) is 1. The van der Waals surface area contributed by atoms with Gasteiger partial charge in [-0.25, -0.2) is 4.79 Å². The van der Waals surface area contributed by atoms with E-state index in [-0.39, 0.29) is 11.9 Å². The Morgan fingerprint density at radius 2 is 2.00 bits per heavy atom. The normalized spacial score (nSPS) is 12.2. The average Bonchev–Trinajstić information content (AvgIpc) is 2.43. The van der Waals surface area contributed by atoms with Gasteiger partial charge in [0.2, 0.25) is 5.91 Å². The first kappa shape index (κ1) is 20.5. The highest BCUT2D eigenvalue weighted by molar-refractivity contribution is 8.44. The summed E-state index contributed by atoms with van der Waals surface area (Å²) in [6.07, 6.45) is 0. The second-order valence-corrected chi connectivity index (χ2v) is 7.35. The zero-order valence-electron chi connectivity index (χ0n) is 12.0. The molecule has 1 N–H and O–H groups in total. The molecule has 3 unspecified atom stereocenters. The highest BCUT2D eigenvalue weighted by Gasteiger charge is 2.22. The molecular formula is C11H24N2O3P2S2. The number of ether oxygens (including phenoxy) is 1. The van der Waals surface area contributed by atoms with Crippen molar-refractivity contribution in [3.63, 3.8) is 0 Å². The number of nitrogens with one attached hydrogen (secondary N) is 1. The molecule has 118 valence electrons. The monoisotopic (exact) mass is 358 g/mol. The van der Waals surface area contributed by atoms with Crippen LogP contribution >= 0.6 is 39.6 Å². The summed E-state index contributed by atoms with van der Waals surface area (Å²) >= 11 is 3.09. The molecule has 0 aliphatic rings. The number of esters is 1. The maximum atomic E-state index is 12.0. The average molecular weight is 358 g/mol. The van der Waals surface area contributed by atoms with E-state index >= 15 is 0 Å². The van der Waals surface area contributed by atoms with Crippen LogP contribution in [0.25, 0.3) is 0 Å². The first-order valence-corrected chi connectivity index (χ1v) is 11.3. The quantitative estimate of drug-likeness (QED) is 0.445. The highest BCUT2D eigenvalue weighted by atomic mass is 32.7. The summed E-state index contributed by atoms with van der Waals surface area (Å²) in [6.45, 7) is 6.05. The van der Waals surface area contributed by atoms with E-state index in [1.165, 1.54) is 11.4 Å². The number of amides is 1. The van der Waals surface area contributed by atoms with Gasteiger partial charge in [0.05, 0.1) is 13.2 Å². The third-order valence-electron chi connectivity index (χ3n) is 2.51. The Labute approximate surface area is 134 Å². The van der Waals surface area contributed by atoms with Gasteiger partial charge in [0.1, 0.15) is 6.04 Å². The van der Waals surface area contributed by atoms with Crippen molar-refractivity contribution in [3.8, 4) is 0 Å². The largest absolute Gasteiger partial charge is 0.464 e. The standard InChI is InChI=1S/C11H24N2O3P2S2/c1-3-13(5-6-19-17)7-10(14)12-9(8-20-18)11(15)16-4-2/h9H,3-8,17-18H2,1-2H3,(H,12,14). The van der Waals surface area contributed by atoms with Crippen molar-refractivity contribution < 1.29 is 14.3 Å². The first-order valence-electron chi connectivity index (χ1n) is 6.40. The summed E-state index contributed by atoms with van der Waals surface area (Å²) < 4.78 is 4.96. The van der Waals surface area contributed by atoms with Crippen molar-refractivity contribution in [1.82, 2.24) is 10.2 Å². The Hall–Kier alpha value is 0.460. The van der Waals surface area contributed by atoms with E-state index in [4.69, 9.17) is 4.74 Å². The third kappa shape index (κ3) is 9.41. The molecule has 9 heteroatoms. The van der Waals surface area contributed by atoms with Gasteiger partial charge < -0.3 is 10.1 Å². The smallest absolute Gasteiger partial charge is 0.329 e. The first-order chi connectivity index (χ1) is 9.58. The van der Waals surface area contributed by atoms with Crippen molar-refractivity contribution in [3.05, 3.63) is 0 Å². The second-order valence-electron chi connectivity index (χ2n) is 3.95. The Morgan fingerprint density at radius 1 is 1.30 bits per heavy atom. The third-order valence-corrected chi connectivity index (χ3v) is 4.74. The van der Waals surface area contributed by atoms with E-state index in [0.29, 0.717) is 18.9 Å². The molecule has 0 rings (SSSR count). The van der Waals surface area contributed by atoms with Gasteiger partial charge in [0.25, 0.3) is 0 Å². The van der Waals surface area contributed by atoms with E-state index in [9.17, 15) is 9.59 Å². The summed E-state index contributed by atoms with van der Waals surface area (Å²) in [5.74, 6) is 0.925. The van der Waals surface area contributed by atoms with Crippen LogP contribution in [-0.2, 0) is 14.3 Å². The summed E-state index contributed by atoms with van der Waals surface area (Å²) in [5, 5.41) is 2.74. The Kier molecular flexibility index (Phi) is 13.4. The lowest BCUT2D eigenvalue weighted by molar-refractivity contribution is -0.146. The topological polar surface area (TPSA) is 58.6 Å². The van der Waals surface area contributed by atoms with Gasteiger partial charge in [0.15, 0.2) is 0 Å². The predicted molar refractivity (Wildman–Crippen MR) is 95.0 cm³/mol. The second kappa shape index (κ2) is 13.1. The SMILES string of the molecule is CCOC(=O)C(CSP)NC(=O)CN(CC)CCSP. The molecule has 0 aliphatic heterocycles. The van der Waals surface area contributed by atoms with Gasteiger partial charge >= 0.3 is 5.97 Å². The van der Waals surface area contributed by atoms with Crippen LogP contribution in [0.5, 0.6) is 0 Å². The molecule has 0 aromatic heterocycles. The molecule has 5 nitrogen and oxygen atoms in total. The molecule has 0 aromatic rings. The molecule has 0 fully saturated rings. The Balaban J connectivity index is 4.32. The molecule has 0 spiro atoms. The maximum absolute atomic E-state index is 12.0. The van der Waals surface area contributed by atoms with Crippen LogP contribution in [0.15, 0.2) is 0 Å². The van der Waals surface area contributed by atoms with Crippen LogP contribution in [0.4, 0.5) is 0 Å². The molecule has 20 heavy (non-hydrogen) atoms. The van der Waals surface area contributed by atoms with Crippen LogP contribution in [0.3, 0.4) is 0 Å². The summed E-state index contributed by atoms with van der Waals surface area (Å²) in [7, 11) is 5.07. The van der Waals surface area contributed by atoms with E-state index in [0.717, 1.165) is 18.8 Å². The molecular weight excluding hydrogens is 334 g/mol. The van der Waals surface area contributed by atoms with Gasteiger partial charge in [-0.15, -0.1) is 22.8 Å². The summed E-state index contributed by atoms with van der Waals surface area (Å²) in [5.41, 5.74) is 0. The van der Waals surface area contributed by atoms with Crippen LogP contribution in [0.1, 0.15) is 13.8 Å². The lowest BCUT2D eigenvalue weighted by atomic mass is 10.3. The molecule has 0 aliphatic carbocycles.